The summed E-state index contributed by atoms with van der Waals surface area (Å²) in [5.41, 5.74) is 4.54. The fraction of sp³-hybridized carbons (Fsp3) is 0.462. The van der Waals surface area contributed by atoms with Gasteiger partial charge in [-0.05, 0) is 73.4 Å². The van der Waals surface area contributed by atoms with E-state index in [0.29, 0.717) is 47.2 Å². The Hall–Kier alpha value is -2.02. The first-order valence-electron chi connectivity index (χ1n) is 12.5. The van der Waals surface area contributed by atoms with Gasteiger partial charge in [0, 0.05) is 59.8 Å². The summed E-state index contributed by atoms with van der Waals surface area (Å²) < 4.78 is 54.7. The fourth-order valence-corrected chi connectivity index (χ4v) is 5.92. The van der Waals surface area contributed by atoms with Crippen LogP contribution < -0.4 is 16.4 Å². The van der Waals surface area contributed by atoms with Crippen LogP contribution in [0.4, 0.5) is 13.2 Å². The molecule has 0 saturated carbocycles. The monoisotopic (exact) mass is 606 g/mol. The van der Waals surface area contributed by atoms with Crippen molar-refractivity contribution in [2.24, 2.45) is 5.73 Å². The van der Waals surface area contributed by atoms with E-state index in [-0.39, 0.29) is 54.2 Å². The first-order chi connectivity index (χ1) is 18.4. The Labute approximate surface area is 238 Å². The first-order valence-corrected chi connectivity index (χ1v) is 14.6. The van der Waals surface area contributed by atoms with Gasteiger partial charge in [0.1, 0.15) is 5.75 Å². The van der Waals surface area contributed by atoms with E-state index in [0.717, 1.165) is 6.07 Å². The highest BCUT2D eigenvalue weighted by molar-refractivity contribution is 7.91. The van der Waals surface area contributed by atoms with Crippen LogP contribution in [-0.2, 0) is 35.2 Å². The van der Waals surface area contributed by atoms with Crippen LogP contribution in [0.1, 0.15) is 53.2 Å². The van der Waals surface area contributed by atoms with Gasteiger partial charge >= 0.3 is 6.18 Å². The lowest BCUT2D eigenvalue weighted by molar-refractivity contribution is -0.138. The number of alkyl halides is 3. The lowest BCUT2D eigenvalue weighted by Crippen LogP contribution is -2.47. The molecule has 2 atom stereocenters. The molecule has 2 aromatic rings. The summed E-state index contributed by atoms with van der Waals surface area (Å²) >= 11 is 11.1. The second kappa shape index (κ2) is 14.0. The van der Waals surface area contributed by atoms with Crippen molar-refractivity contribution in [2.75, 3.05) is 25.4 Å². The number of carbonyl (C=O) groups is 2. The van der Waals surface area contributed by atoms with Crippen LogP contribution in [0.3, 0.4) is 0 Å². The minimum atomic E-state index is -4.75. The zero-order valence-electron chi connectivity index (χ0n) is 21.4. The SMILES string of the molecule is CC[S+]([O-])c1ccc(Cl)cc1CNC(=O)c1cc(Cl)c(CN2CCC[C@H](NC(=O)CCN)C2)c(C(F)(F)F)c1. The molecular formula is C26H31Cl2F3N4O3S. The van der Waals surface area contributed by atoms with Crippen molar-refractivity contribution in [3.63, 3.8) is 0 Å². The predicted octanol–water partition coefficient (Wildman–Crippen LogP) is 4.50. The van der Waals surface area contributed by atoms with Gasteiger partial charge in [-0.25, -0.2) is 0 Å². The lowest BCUT2D eigenvalue weighted by atomic mass is 9.99. The summed E-state index contributed by atoms with van der Waals surface area (Å²) in [6.45, 7) is 2.70. The molecule has 1 heterocycles. The Balaban J connectivity index is 1.79. The lowest BCUT2D eigenvalue weighted by Gasteiger charge is -2.34. The number of hydrogen-bond acceptors (Lipinski definition) is 5. The predicted molar refractivity (Wildman–Crippen MR) is 146 cm³/mol. The number of rotatable bonds is 10. The number of halogens is 5. The summed E-state index contributed by atoms with van der Waals surface area (Å²) in [5, 5.41) is 5.65. The van der Waals surface area contributed by atoms with Crippen LogP contribution in [0, 0.1) is 0 Å². The molecule has 0 aliphatic carbocycles. The molecule has 1 aliphatic heterocycles. The van der Waals surface area contributed by atoms with Crippen LogP contribution in [0.2, 0.25) is 10.0 Å². The number of nitrogens with zero attached hydrogens (tertiary/aromatic N) is 1. The molecule has 0 radical (unpaired) electrons. The quantitative estimate of drug-likeness (QED) is 0.345. The van der Waals surface area contributed by atoms with Crippen LogP contribution in [0.25, 0.3) is 0 Å². The van der Waals surface area contributed by atoms with Gasteiger partial charge in [0.2, 0.25) is 5.91 Å². The highest BCUT2D eigenvalue weighted by Gasteiger charge is 2.36. The van der Waals surface area contributed by atoms with Crippen molar-refractivity contribution in [3.05, 3.63) is 62.6 Å². The van der Waals surface area contributed by atoms with Crippen molar-refractivity contribution in [1.29, 1.82) is 0 Å². The van der Waals surface area contributed by atoms with Crippen LogP contribution in [0.5, 0.6) is 0 Å². The topological polar surface area (TPSA) is 111 Å². The number of piperidine rings is 1. The maximum atomic E-state index is 14.1. The molecule has 214 valence electrons. The second-order valence-corrected chi connectivity index (χ2v) is 11.8. The maximum Gasteiger partial charge on any atom is 0.416 e. The number of carbonyl (C=O) groups excluding carboxylic acids is 2. The Morgan fingerprint density at radius 2 is 1.97 bits per heavy atom. The van der Waals surface area contributed by atoms with E-state index in [4.69, 9.17) is 28.9 Å². The third kappa shape index (κ3) is 8.73. The molecule has 4 N–H and O–H groups in total. The van der Waals surface area contributed by atoms with Crippen molar-refractivity contribution in [1.82, 2.24) is 15.5 Å². The summed E-state index contributed by atoms with van der Waals surface area (Å²) in [5.74, 6) is -0.603. The molecule has 2 aromatic carbocycles. The molecule has 1 aliphatic rings. The molecule has 7 nitrogen and oxygen atoms in total. The zero-order chi connectivity index (χ0) is 28.7. The molecule has 0 bridgehead atoms. The molecule has 1 fully saturated rings. The van der Waals surface area contributed by atoms with Gasteiger partial charge in [-0.1, -0.05) is 23.2 Å². The van der Waals surface area contributed by atoms with Crippen molar-refractivity contribution in [3.8, 4) is 0 Å². The Bertz CT molecular complexity index is 1190. The largest absolute Gasteiger partial charge is 0.611 e. The molecule has 39 heavy (non-hydrogen) atoms. The van der Waals surface area contributed by atoms with E-state index in [1.165, 1.54) is 6.07 Å². The number of benzene rings is 2. The molecule has 13 heteroatoms. The molecule has 1 saturated heterocycles. The van der Waals surface area contributed by atoms with Crippen molar-refractivity contribution >= 4 is 46.2 Å². The Morgan fingerprint density at radius 1 is 1.23 bits per heavy atom. The van der Waals surface area contributed by atoms with Crippen molar-refractivity contribution in [2.45, 2.75) is 56.4 Å². The minimum Gasteiger partial charge on any atom is -0.611 e. The molecule has 0 spiro atoms. The molecule has 0 aromatic heterocycles. The zero-order valence-corrected chi connectivity index (χ0v) is 23.7. The van der Waals surface area contributed by atoms with E-state index in [1.807, 2.05) is 4.90 Å². The van der Waals surface area contributed by atoms with Crippen LogP contribution in [0.15, 0.2) is 35.2 Å². The minimum absolute atomic E-state index is 0.0772. The maximum absolute atomic E-state index is 14.1. The third-order valence-corrected chi connectivity index (χ3v) is 8.34. The van der Waals surface area contributed by atoms with Crippen LogP contribution >= 0.6 is 23.2 Å². The van der Waals surface area contributed by atoms with Gasteiger partial charge < -0.3 is 20.9 Å². The summed E-state index contributed by atoms with van der Waals surface area (Å²) in [6.07, 6.45) is -3.16. The number of hydrogen-bond donors (Lipinski definition) is 3. The molecule has 3 rings (SSSR count). The fourth-order valence-electron chi connectivity index (χ4n) is 4.49. The standard InChI is InChI=1S/C26H31Cl2F3N4O3S/c1-2-39(38)23-6-5-18(27)10-17(23)13-33-25(37)16-11-21(26(29,30)31)20(22(28)12-16)15-35-9-3-4-19(14-35)34-24(36)7-8-32/h5-6,10-12,19H,2-4,7-9,13-15,32H2,1H3,(H,33,37)(H,34,36)/t19-,39?/m0/s1. The van der Waals surface area contributed by atoms with Crippen molar-refractivity contribution < 1.29 is 27.3 Å². The van der Waals surface area contributed by atoms with Crippen LogP contribution in [-0.4, -0.2) is 52.7 Å². The summed E-state index contributed by atoms with van der Waals surface area (Å²) in [4.78, 5) is 27.1. The van der Waals surface area contributed by atoms with E-state index < -0.39 is 28.8 Å². The van der Waals surface area contributed by atoms with Gasteiger partial charge in [-0.2, -0.15) is 13.2 Å². The average molecular weight is 608 g/mol. The normalized spacial score (nSPS) is 17.1. The van der Waals surface area contributed by atoms with E-state index in [1.54, 1.807) is 25.1 Å². The average Bonchev–Trinajstić information content (AvgIpc) is 2.87. The molecule has 2 amide bonds. The van der Waals surface area contributed by atoms with E-state index in [2.05, 4.69) is 10.6 Å². The Morgan fingerprint density at radius 3 is 2.64 bits per heavy atom. The van der Waals surface area contributed by atoms with Gasteiger partial charge in [-0.15, -0.1) is 0 Å². The van der Waals surface area contributed by atoms with Gasteiger partial charge in [-0.3, -0.25) is 14.5 Å². The van der Waals surface area contributed by atoms with Gasteiger partial charge in [0.25, 0.3) is 5.91 Å². The molecular weight excluding hydrogens is 576 g/mol. The highest BCUT2D eigenvalue weighted by atomic mass is 35.5. The first kappa shape index (κ1) is 31.5. The number of nitrogens with one attached hydrogen (secondary N) is 2. The van der Waals surface area contributed by atoms with E-state index in [9.17, 15) is 27.3 Å². The summed E-state index contributed by atoms with van der Waals surface area (Å²) in [6, 6.07) is 6.56. The van der Waals surface area contributed by atoms with Gasteiger partial charge in [0.15, 0.2) is 4.90 Å². The highest BCUT2D eigenvalue weighted by Crippen LogP contribution is 2.37. The molecule has 1 unspecified atom stereocenters. The van der Waals surface area contributed by atoms with Gasteiger partial charge in [0.05, 0.1) is 5.56 Å². The number of nitrogens with two attached hydrogens (primary N) is 1. The van der Waals surface area contributed by atoms with E-state index >= 15 is 0 Å². The number of amides is 2. The Kier molecular flexibility index (Phi) is 11.3. The smallest absolute Gasteiger partial charge is 0.416 e. The number of likely N-dealkylation sites (tertiary alicyclic amines) is 1. The second-order valence-electron chi connectivity index (χ2n) is 9.23. The third-order valence-electron chi connectivity index (χ3n) is 6.36. The summed E-state index contributed by atoms with van der Waals surface area (Å²) in [7, 11) is 0.